The number of carbonyl (C=O) groups excluding carboxylic acids is 1. The molecule has 70 valence electrons. The van der Waals surface area contributed by atoms with Crippen molar-refractivity contribution in [2.45, 2.75) is 12.5 Å². The lowest BCUT2D eigenvalue weighted by Gasteiger charge is -2.20. The highest BCUT2D eigenvalue weighted by Crippen LogP contribution is 2.29. The molecule has 1 aromatic heterocycles. The van der Waals surface area contributed by atoms with E-state index in [1.165, 1.54) is 12.7 Å². The fourth-order valence-electron chi connectivity index (χ4n) is 1.58. The molecule has 1 unspecified atom stereocenters. The van der Waals surface area contributed by atoms with Crippen LogP contribution in [-0.4, -0.2) is 19.6 Å². The number of esters is 1. The van der Waals surface area contributed by atoms with Gasteiger partial charge in [-0.3, -0.25) is 4.79 Å². The minimum atomic E-state index is -0.143. The predicted octanol–water partition coefficient (Wildman–Crippen LogP) is 1.11. The van der Waals surface area contributed by atoms with E-state index in [9.17, 15) is 4.79 Å². The van der Waals surface area contributed by atoms with E-state index in [1.807, 2.05) is 5.38 Å². The molecule has 0 bridgehead atoms. The zero-order valence-corrected chi connectivity index (χ0v) is 8.19. The van der Waals surface area contributed by atoms with Crippen LogP contribution in [0.25, 0.3) is 0 Å². The van der Waals surface area contributed by atoms with Gasteiger partial charge in [0.25, 0.3) is 0 Å². The average Bonchev–Trinajstić information content (AvgIpc) is 2.63. The van der Waals surface area contributed by atoms with Crippen LogP contribution >= 0.6 is 11.3 Å². The highest BCUT2D eigenvalue weighted by Gasteiger charge is 2.27. The van der Waals surface area contributed by atoms with Crippen LogP contribution in [0.2, 0.25) is 0 Å². The molecular formula is C9H11NO2S. The van der Waals surface area contributed by atoms with E-state index < -0.39 is 0 Å². The predicted molar refractivity (Wildman–Crippen MR) is 50.8 cm³/mol. The monoisotopic (exact) mass is 197 g/mol. The fourth-order valence-corrected chi connectivity index (χ4v) is 2.59. The molecule has 0 aromatic carbocycles. The van der Waals surface area contributed by atoms with Crippen molar-refractivity contribution in [3.05, 3.63) is 21.9 Å². The summed E-state index contributed by atoms with van der Waals surface area (Å²) < 4.78 is 4.74. The van der Waals surface area contributed by atoms with Crippen LogP contribution < -0.4 is 5.32 Å². The van der Waals surface area contributed by atoms with Gasteiger partial charge in [-0.2, -0.15) is 0 Å². The minimum absolute atomic E-state index is 0.103. The molecule has 0 amide bonds. The third kappa shape index (κ3) is 1.47. The van der Waals surface area contributed by atoms with Gasteiger partial charge in [0.2, 0.25) is 0 Å². The summed E-state index contributed by atoms with van der Waals surface area (Å²) in [4.78, 5) is 12.5. The zero-order chi connectivity index (χ0) is 9.26. The summed E-state index contributed by atoms with van der Waals surface area (Å²) in [6, 6.07) is 2.06. The summed E-state index contributed by atoms with van der Waals surface area (Å²) >= 11 is 1.64. The maximum atomic E-state index is 11.4. The summed E-state index contributed by atoms with van der Waals surface area (Å²) in [5, 5.41) is 5.22. The van der Waals surface area contributed by atoms with Crippen molar-refractivity contribution in [1.29, 1.82) is 0 Å². The van der Waals surface area contributed by atoms with Crippen molar-refractivity contribution in [3.8, 4) is 0 Å². The van der Waals surface area contributed by atoms with Crippen LogP contribution in [0.4, 0.5) is 0 Å². The molecule has 1 aromatic rings. The highest BCUT2D eigenvalue weighted by molar-refractivity contribution is 7.10. The standard InChI is InChI=1S/C9H11NO2S/c1-12-9(11)7-5-10-4-6-2-3-13-8(6)7/h2-3,7,10H,4-5H2,1H3. The normalized spacial score (nSPS) is 20.8. The lowest BCUT2D eigenvalue weighted by Crippen LogP contribution is -2.32. The van der Waals surface area contributed by atoms with Crippen LogP contribution in [0.5, 0.6) is 0 Å². The Morgan fingerprint density at radius 3 is 3.38 bits per heavy atom. The SMILES string of the molecule is COC(=O)C1CNCc2ccsc21. The Morgan fingerprint density at radius 1 is 1.77 bits per heavy atom. The summed E-state index contributed by atoms with van der Waals surface area (Å²) in [5.41, 5.74) is 1.23. The molecule has 3 nitrogen and oxygen atoms in total. The van der Waals surface area contributed by atoms with Gasteiger partial charge in [-0.05, 0) is 17.0 Å². The Bertz CT molecular complexity index is 321. The van der Waals surface area contributed by atoms with Crippen LogP contribution in [0.3, 0.4) is 0 Å². The lowest BCUT2D eigenvalue weighted by molar-refractivity contribution is -0.142. The maximum Gasteiger partial charge on any atom is 0.315 e. The van der Waals surface area contributed by atoms with E-state index in [1.54, 1.807) is 11.3 Å². The summed E-state index contributed by atoms with van der Waals surface area (Å²) in [6.07, 6.45) is 0. The van der Waals surface area contributed by atoms with E-state index in [4.69, 9.17) is 4.74 Å². The van der Waals surface area contributed by atoms with Crippen LogP contribution in [0.15, 0.2) is 11.4 Å². The summed E-state index contributed by atoms with van der Waals surface area (Å²) in [6.45, 7) is 1.56. The molecule has 0 saturated heterocycles. The minimum Gasteiger partial charge on any atom is -0.468 e. The largest absolute Gasteiger partial charge is 0.468 e. The molecule has 0 aliphatic carbocycles. The second-order valence-corrected chi connectivity index (χ2v) is 3.96. The molecule has 1 aliphatic rings. The van der Waals surface area contributed by atoms with E-state index >= 15 is 0 Å². The van der Waals surface area contributed by atoms with Crippen LogP contribution in [0, 0.1) is 0 Å². The van der Waals surface area contributed by atoms with Gasteiger partial charge in [-0.15, -0.1) is 11.3 Å². The molecule has 0 saturated carbocycles. The van der Waals surface area contributed by atoms with Crippen molar-refractivity contribution >= 4 is 17.3 Å². The molecular weight excluding hydrogens is 186 g/mol. The van der Waals surface area contributed by atoms with Gasteiger partial charge in [0.1, 0.15) is 5.92 Å². The third-order valence-electron chi connectivity index (χ3n) is 2.25. The second-order valence-electron chi connectivity index (χ2n) is 3.02. The molecule has 0 fully saturated rings. The van der Waals surface area contributed by atoms with Gasteiger partial charge in [-0.25, -0.2) is 0 Å². The Morgan fingerprint density at radius 2 is 2.62 bits per heavy atom. The average molecular weight is 197 g/mol. The van der Waals surface area contributed by atoms with Gasteiger partial charge >= 0.3 is 5.97 Å². The number of hydrogen-bond donors (Lipinski definition) is 1. The van der Waals surface area contributed by atoms with Crippen molar-refractivity contribution in [2.75, 3.05) is 13.7 Å². The quantitative estimate of drug-likeness (QED) is 0.685. The molecule has 1 N–H and O–H groups in total. The lowest BCUT2D eigenvalue weighted by atomic mass is 10.0. The maximum absolute atomic E-state index is 11.4. The molecule has 1 atom stereocenters. The van der Waals surface area contributed by atoms with E-state index in [2.05, 4.69) is 11.4 Å². The first-order chi connectivity index (χ1) is 6.33. The molecule has 1 aliphatic heterocycles. The van der Waals surface area contributed by atoms with E-state index in [0.29, 0.717) is 6.54 Å². The summed E-state index contributed by atoms with van der Waals surface area (Å²) in [7, 11) is 1.43. The van der Waals surface area contributed by atoms with Crippen molar-refractivity contribution in [1.82, 2.24) is 5.32 Å². The van der Waals surface area contributed by atoms with Crippen molar-refractivity contribution in [2.24, 2.45) is 0 Å². The first kappa shape index (κ1) is 8.72. The van der Waals surface area contributed by atoms with Crippen molar-refractivity contribution in [3.63, 3.8) is 0 Å². The number of fused-ring (bicyclic) bond motifs is 1. The third-order valence-corrected chi connectivity index (χ3v) is 3.32. The first-order valence-corrected chi connectivity index (χ1v) is 5.05. The zero-order valence-electron chi connectivity index (χ0n) is 7.37. The molecule has 2 heterocycles. The number of carbonyl (C=O) groups is 1. The molecule has 4 heteroatoms. The molecule has 2 rings (SSSR count). The van der Waals surface area contributed by atoms with Crippen LogP contribution in [0.1, 0.15) is 16.4 Å². The Kier molecular flexibility index (Phi) is 2.33. The molecule has 0 radical (unpaired) electrons. The van der Waals surface area contributed by atoms with Gasteiger partial charge < -0.3 is 10.1 Å². The Balaban J connectivity index is 2.30. The van der Waals surface area contributed by atoms with E-state index in [-0.39, 0.29) is 11.9 Å². The van der Waals surface area contributed by atoms with Crippen molar-refractivity contribution < 1.29 is 9.53 Å². The Hall–Kier alpha value is -0.870. The van der Waals surface area contributed by atoms with Gasteiger partial charge in [0, 0.05) is 18.0 Å². The first-order valence-electron chi connectivity index (χ1n) is 4.17. The van der Waals surface area contributed by atoms with Gasteiger partial charge in [0.15, 0.2) is 0 Å². The number of ether oxygens (including phenoxy) is 1. The number of thiophene rings is 1. The van der Waals surface area contributed by atoms with E-state index in [0.717, 1.165) is 11.4 Å². The highest BCUT2D eigenvalue weighted by atomic mass is 32.1. The fraction of sp³-hybridized carbons (Fsp3) is 0.444. The van der Waals surface area contributed by atoms with Gasteiger partial charge in [0.05, 0.1) is 7.11 Å². The number of nitrogens with one attached hydrogen (secondary N) is 1. The number of methoxy groups -OCH3 is 1. The van der Waals surface area contributed by atoms with Crippen LogP contribution in [-0.2, 0) is 16.1 Å². The molecule has 0 spiro atoms. The summed E-state index contributed by atoms with van der Waals surface area (Å²) in [5.74, 6) is -0.246. The Labute approximate surface area is 80.7 Å². The smallest absolute Gasteiger partial charge is 0.315 e. The van der Waals surface area contributed by atoms with Gasteiger partial charge in [-0.1, -0.05) is 0 Å². The number of hydrogen-bond acceptors (Lipinski definition) is 4. The topological polar surface area (TPSA) is 38.3 Å². The molecule has 13 heavy (non-hydrogen) atoms. The number of rotatable bonds is 1. The second kappa shape index (κ2) is 3.47.